The average molecular weight is 223 g/mol. The molecule has 4 heteroatoms. The van der Waals surface area contributed by atoms with E-state index in [9.17, 15) is 4.79 Å². The first-order valence-corrected chi connectivity index (χ1v) is 5.84. The van der Waals surface area contributed by atoms with Crippen molar-refractivity contribution in [3.8, 4) is 6.07 Å². The number of nitrogens with one attached hydrogen (secondary N) is 1. The van der Waals surface area contributed by atoms with E-state index in [0.717, 1.165) is 25.9 Å². The molecule has 1 aliphatic heterocycles. The summed E-state index contributed by atoms with van der Waals surface area (Å²) in [6.07, 6.45) is 1.78. The fourth-order valence-electron chi connectivity index (χ4n) is 1.88. The Balaban J connectivity index is 2.29. The Morgan fingerprint density at radius 1 is 1.44 bits per heavy atom. The van der Waals surface area contributed by atoms with Gasteiger partial charge < -0.3 is 5.32 Å². The normalized spacial score (nSPS) is 19.1. The third kappa shape index (κ3) is 4.63. The Bertz CT molecular complexity index is 280. The SMILES string of the molecule is CC(C)(C)NC(=O)CN1CCC(C#N)CC1. The molecule has 1 saturated heterocycles. The number of piperidine rings is 1. The summed E-state index contributed by atoms with van der Waals surface area (Å²) in [6.45, 7) is 8.10. The Kier molecular flexibility index (Phi) is 4.31. The lowest BCUT2D eigenvalue weighted by Gasteiger charge is -2.29. The van der Waals surface area contributed by atoms with Crippen molar-refractivity contribution in [1.29, 1.82) is 5.26 Å². The summed E-state index contributed by atoms with van der Waals surface area (Å²) in [4.78, 5) is 13.8. The topological polar surface area (TPSA) is 56.1 Å². The molecule has 1 N–H and O–H groups in total. The fourth-order valence-corrected chi connectivity index (χ4v) is 1.88. The summed E-state index contributed by atoms with van der Waals surface area (Å²) >= 11 is 0. The number of carbonyl (C=O) groups excluding carboxylic acids is 1. The van der Waals surface area contributed by atoms with Crippen LogP contribution in [0, 0.1) is 17.2 Å². The lowest BCUT2D eigenvalue weighted by Crippen LogP contribution is -2.47. The van der Waals surface area contributed by atoms with Gasteiger partial charge in [-0.05, 0) is 46.7 Å². The number of hydrogen-bond donors (Lipinski definition) is 1. The Labute approximate surface area is 97.6 Å². The van der Waals surface area contributed by atoms with Crippen LogP contribution >= 0.6 is 0 Å². The van der Waals surface area contributed by atoms with Crippen LogP contribution < -0.4 is 5.32 Å². The highest BCUT2D eigenvalue weighted by molar-refractivity contribution is 5.78. The molecule has 1 heterocycles. The van der Waals surface area contributed by atoms with Crippen molar-refractivity contribution >= 4 is 5.91 Å². The van der Waals surface area contributed by atoms with Gasteiger partial charge in [0.15, 0.2) is 0 Å². The smallest absolute Gasteiger partial charge is 0.234 e. The third-order valence-electron chi connectivity index (χ3n) is 2.65. The van der Waals surface area contributed by atoms with Crippen LogP contribution in [-0.2, 0) is 4.79 Å². The molecule has 1 amide bonds. The zero-order chi connectivity index (χ0) is 12.2. The minimum Gasteiger partial charge on any atom is -0.350 e. The molecule has 0 bridgehead atoms. The van der Waals surface area contributed by atoms with Gasteiger partial charge in [0, 0.05) is 11.5 Å². The molecule has 1 aliphatic rings. The van der Waals surface area contributed by atoms with Gasteiger partial charge in [-0.3, -0.25) is 9.69 Å². The van der Waals surface area contributed by atoms with Crippen LogP contribution in [0.3, 0.4) is 0 Å². The van der Waals surface area contributed by atoms with Crippen molar-refractivity contribution in [3.05, 3.63) is 0 Å². The number of carbonyl (C=O) groups is 1. The first-order chi connectivity index (χ1) is 7.40. The van der Waals surface area contributed by atoms with E-state index in [2.05, 4.69) is 16.3 Å². The molecule has 90 valence electrons. The van der Waals surface area contributed by atoms with Crippen LogP contribution in [-0.4, -0.2) is 36.0 Å². The second kappa shape index (κ2) is 5.31. The molecule has 0 aliphatic carbocycles. The van der Waals surface area contributed by atoms with Gasteiger partial charge in [-0.2, -0.15) is 5.26 Å². The summed E-state index contributed by atoms with van der Waals surface area (Å²) in [5.74, 6) is 0.254. The highest BCUT2D eigenvalue weighted by Crippen LogP contribution is 2.15. The summed E-state index contributed by atoms with van der Waals surface area (Å²) in [7, 11) is 0. The lowest BCUT2D eigenvalue weighted by atomic mass is 9.98. The molecule has 1 rings (SSSR count). The first-order valence-electron chi connectivity index (χ1n) is 5.84. The van der Waals surface area contributed by atoms with Gasteiger partial charge >= 0.3 is 0 Å². The van der Waals surface area contributed by atoms with Gasteiger partial charge in [0.25, 0.3) is 0 Å². The second-order valence-electron chi connectivity index (χ2n) is 5.48. The maximum absolute atomic E-state index is 11.7. The number of amides is 1. The second-order valence-corrected chi connectivity index (χ2v) is 5.48. The molecule has 0 aromatic rings. The number of nitriles is 1. The molecular formula is C12H21N3O. The zero-order valence-corrected chi connectivity index (χ0v) is 10.4. The van der Waals surface area contributed by atoms with Crippen molar-refractivity contribution in [2.45, 2.75) is 39.2 Å². The maximum atomic E-state index is 11.7. The largest absolute Gasteiger partial charge is 0.350 e. The minimum absolute atomic E-state index is 0.0721. The summed E-state index contributed by atoms with van der Waals surface area (Å²) in [6, 6.07) is 2.29. The van der Waals surface area contributed by atoms with Crippen molar-refractivity contribution < 1.29 is 4.79 Å². The molecule has 1 fully saturated rings. The molecule has 16 heavy (non-hydrogen) atoms. The van der Waals surface area contributed by atoms with Gasteiger partial charge in [0.1, 0.15) is 0 Å². The van der Waals surface area contributed by atoms with Crippen LogP contribution in [0.1, 0.15) is 33.6 Å². The van der Waals surface area contributed by atoms with Crippen LogP contribution in [0.5, 0.6) is 0 Å². The molecular weight excluding hydrogens is 202 g/mol. The van der Waals surface area contributed by atoms with Gasteiger partial charge in [-0.25, -0.2) is 0 Å². The van der Waals surface area contributed by atoms with Crippen molar-refractivity contribution in [2.75, 3.05) is 19.6 Å². The quantitative estimate of drug-likeness (QED) is 0.763. The maximum Gasteiger partial charge on any atom is 0.234 e. The zero-order valence-electron chi connectivity index (χ0n) is 10.4. The molecule has 0 unspecified atom stereocenters. The van der Waals surface area contributed by atoms with Crippen LogP contribution in [0.4, 0.5) is 0 Å². The van der Waals surface area contributed by atoms with Gasteiger partial charge in [0.05, 0.1) is 12.6 Å². The average Bonchev–Trinajstić information content (AvgIpc) is 2.16. The molecule has 0 aromatic heterocycles. The van der Waals surface area contributed by atoms with Crippen LogP contribution in [0.15, 0.2) is 0 Å². The molecule has 0 atom stereocenters. The van der Waals surface area contributed by atoms with Crippen molar-refractivity contribution in [1.82, 2.24) is 10.2 Å². The molecule has 0 aromatic carbocycles. The predicted octanol–water partition coefficient (Wildman–Crippen LogP) is 1.14. The lowest BCUT2D eigenvalue weighted by molar-refractivity contribution is -0.123. The number of likely N-dealkylation sites (tertiary alicyclic amines) is 1. The number of nitrogens with zero attached hydrogens (tertiary/aromatic N) is 2. The summed E-state index contributed by atoms with van der Waals surface area (Å²) < 4.78 is 0. The summed E-state index contributed by atoms with van der Waals surface area (Å²) in [5.41, 5.74) is -0.165. The van der Waals surface area contributed by atoms with E-state index < -0.39 is 0 Å². The standard InChI is InChI=1S/C12H21N3O/c1-12(2,3)14-11(16)9-15-6-4-10(8-13)5-7-15/h10H,4-7,9H2,1-3H3,(H,14,16). The minimum atomic E-state index is -0.165. The van der Waals surface area contributed by atoms with E-state index in [1.807, 2.05) is 20.8 Å². The molecule has 4 nitrogen and oxygen atoms in total. The van der Waals surface area contributed by atoms with E-state index in [-0.39, 0.29) is 17.4 Å². The first kappa shape index (κ1) is 13.0. The Hall–Kier alpha value is -1.08. The monoisotopic (exact) mass is 223 g/mol. The van der Waals surface area contributed by atoms with E-state index >= 15 is 0 Å². The van der Waals surface area contributed by atoms with Gasteiger partial charge in [-0.1, -0.05) is 0 Å². The third-order valence-corrected chi connectivity index (χ3v) is 2.65. The molecule has 0 spiro atoms. The summed E-state index contributed by atoms with van der Waals surface area (Å²) in [5, 5.41) is 11.7. The predicted molar refractivity (Wildman–Crippen MR) is 62.7 cm³/mol. The fraction of sp³-hybridized carbons (Fsp3) is 0.833. The van der Waals surface area contributed by atoms with E-state index in [4.69, 9.17) is 5.26 Å². The molecule has 0 saturated carbocycles. The van der Waals surface area contributed by atoms with E-state index in [1.54, 1.807) is 0 Å². The Morgan fingerprint density at radius 2 is 2.00 bits per heavy atom. The van der Waals surface area contributed by atoms with Gasteiger partial charge in [0.2, 0.25) is 5.91 Å². The highest BCUT2D eigenvalue weighted by Gasteiger charge is 2.21. The van der Waals surface area contributed by atoms with Crippen LogP contribution in [0.2, 0.25) is 0 Å². The number of rotatable bonds is 2. The van der Waals surface area contributed by atoms with E-state index in [0.29, 0.717) is 6.54 Å². The molecule has 0 radical (unpaired) electrons. The Morgan fingerprint density at radius 3 is 2.44 bits per heavy atom. The van der Waals surface area contributed by atoms with Gasteiger partial charge in [-0.15, -0.1) is 0 Å². The number of hydrogen-bond acceptors (Lipinski definition) is 3. The van der Waals surface area contributed by atoms with E-state index in [1.165, 1.54) is 0 Å². The van der Waals surface area contributed by atoms with Crippen molar-refractivity contribution in [2.24, 2.45) is 5.92 Å². The highest BCUT2D eigenvalue weighted by atomic mass is 16.2. The van der Waals surface area contributed by atoms with Crippen molar-refractivity contribution in [3.63, 3.8) is 0 Å². The van der Waals surface area contributed by atoms with Crippen LogP contribution in [0.25, 0.3) is 0 Å².